The van der Waals surface area contributed by atoms with Crippen molar-refractivity contribution in [3.63, 3.8) is 0 Å². The summed E-state index contributed by atoms with van der Waals surface area (Å²) in [6.07, 6.45) is 1.69. The van der Waals surface area contributed by atoms with Crippen LogP contribution in [-0.2, 0) is 3.79 Å². The molecule has 25 heavy (non-hydrogen) atoms. The van der Waals surface area contributed by atoms with Crippen LogP contribution in [0.25, 0.3) is 0 Å². The van der Waals surface area contributed by atoms with Crippen molar-refractivity contribution in [3.8, 4) is 6.07 Å². The quantitative estimate of drug-likeness (QED) is 0.250. The van der Waals surface area contributed by atoms with Gasteiger partial charge in [0.05, 0.1) is 10.5 Å². The van der Waals surface area contributed by atoms with E-state index in [0.717, 1.165) is 11.1 Å². The Balaban J connectivity index is 2.38. The third-order valence-corrected chi connectivity index (χ3v) is 6.32. The molecule has 5 nitrogen and oxygen atoms in total. The van der Waals surface area contributed by atoms with Crippen LogP contribution in [0, 0.1) is 35.3 Å². The van der Waals surface area contributed by atoms with Gasteiger partial charge in [0.15, 0.2) is 0 Å². The number of hydrogen-bond donors (Lipinski definition) is 0. The number of halogens is 3. The lowest BCUT2D eigenvalue weighted by atomic mass is 10.1. The summed E-state index contributed by atoms with van der Waals surface area (Å²) in [5.41, 5.74) is 2.29. The SMILES string of the molecule is Cc1cnc(SSc2ccc([N+](=O)[O-])cc2C(Cl)(Cl)Cl)c(C#N)c1C. The van der Waals surface area contributed by atoms with Crippen LogP contribution in [0.1, 0.15) is 22.3 Å². The molecule has 0 saturated carbocycles. The van der Waals surface area contributed by atoms with Crippen LogP contribution in [0.5, 0.6) is 0 Å². The van der Waals surface area contributed by atoms with Crippen molar-refractivity contribution in [2.24, 2.45) is 0 Å². The summed E-state index contributed by atoms with van der Waals surface area (Å²) in [7, 11) is 2.45. The van der Waals surface area contributed by atoms with E-state index >= 15 is 0 Å². The lowest BCUT2D eigenvalue weighted by Gasteiger charge is -2.15. The molecule has 1 aromatic carbocycles. The van der Waals surface area contributed by atoms with Gasteiger partial charge in [-0.2, -0.15) is 5.26 Å². The number of nitro benzene ring substituents is 1. The van der Waals surface area contributed by atoms with E-state index in [4.69, 9.17) is 34.8 Å². The first-order valence-electron chi connectivity index (χ1n) is 6.71. The number of hydrogen-bond acceptors (Lipinski definition) is 6. The third-order valence-electron chi connectivity index (χ3n) is 3.36. The summed E-state index contributed by atoms with van der Waals surface area (Å²) in [5.74, 6) is 0. The van der Waals surface area contributed by atoms with Crippen molar-refractivity contribution in [2.75, 3.05) is 0 Å². The smallest absolute Gasteiger partial charge is 0.258 e. The van der Waals surface area contributed by atoms with Crippen LogP contribution in [0.3, 0.4) is 0 Å². The lowest BCUT2D eigenvalue weighted by molar-refractivity contribution is -0.385. The molecule has 1 aromatic heterocycles. The first kappa shape index (κ1) is 20.1. The number of nitro groups is 1. The van der Waals surface area contributed by atoms with E-state index in [9.17, 15) is 15.4 Å². The van der Waals surface area contributed by atoms with E-state index in [2.05, 4.69) is 11.1 Å². The second kappa shape index (κ2) is 8.02. The fourth-order valence-electron chi connectivity index (χ4n) is 1.88. The molecule has 0 radical (unpaired) electrons. The number of nitrogens with zero attached hydrogens (tertiary/aromatic N) is 3. The van der Waals surface area contributed by atoms with Gasteiger partial charge in [0.1, 0.15) is 11.1 Å². The number of nitriles is 1. The summed E-state index contributed by atoms with van der Waals surface area (Å²) in [5, 5.41) is 20.8. The Morgan fingerprint density at radius 1 is 1.28 bits per heavy atom. The molecule has 0 N–H and O–H groups in total. The van der Waals surface area contributed by atoms with E-state index in [1.807, 2.05) is 13.8 Å². The van der Waals surface area contributed by atoms with Crippen LogP contribution in [0.4, 0.5) is 5.69 Å². The normalized spacial score (nSPS) is 11.2. The number of rotatable bonds is 4. The Morgan fingerprint density at radius 3 is 2.52 bits per heavy atom. The van der Waals surface area contributed by atoms with E-state index < -0.39 is 8.72 Å². The van der Waals surface area contributed by atoms with Crippen molar-refractivity contribution in [2.45, 2.75) is 27.6 Å². The molecule has 0 aliphatic heterocycles. The number of aromatic nitrogens is 1. The molecule has 130 valence electrons. The monoisotopic (exact) mass is 433 g/mol. The molecule has 10 heteroatoms. The predicted molar refractivity (Wildman–Crippen MR) is 102 cm³/mol. The highest BCUT2D eigenvalue weighted by atomic mass is 35.6. The number of benzene rings is 1. The fourth-order valence-corrected chi connectivity index (χ4v) is 4.81. The molecule has 2 aromatic rings. The van der Waals surface area contributed by atoms with E-state index in [1.165, 1.54) is 39.8 Å². The maximum atomic E-state index is 10.9. The van der Waals surface area contributed by atoms with Crippen LogP contribution in [-0.4, -0.2) is 9.91 Å². The Labute approximate surface area is 167 Å². The van der Waals surface area contributed by atoms with Crippen LogP contribution in [0.2, 0.25) is 0 Å². The van der Waals surface area contributed by atoms with Gasteiger partial charge in [-0.1, -0.05) is 45.6 Å². The number of alkyl halides is 3. The van der Waals surface area contributed by atoms with Gasteiger partial charge >= 0.3 is 0 Å². The van der Waals surface area contributed by atoms with E-state index in [1.54, 1.807) is 6.20 Å². The molecule has 0 atom stereocenters. The Bertz CT molecular complexity index is 880. The van der Waals surface area contributed by atoms with Crippen molar-refractivity contribution in [1.82, 2.24) is 4.98 Å². The summed E-state index contributed by atoms with van der Waals surface area (Å²) in [6, 6.07) is 6.23. The second-order valence-corrected chi connectivity index (χ2v) is 9.40. The highest BCUT2D eigenvalue weighted by Gasteiger charge is 2.29. The average Bonchev–Trinajstić information content (AvgIpc) is 2.54. The molecule has 0 spiro atoms. The van der Waals surface area contributed by atoms with Gasteiger partial charge < -0.3 is 0 Å². The van der Waals surface area contributed by atoms with Gasteiger partial charge in [0.25, 0.3) is 5.69 Å². The van der Waals surface area contributed by atoms with Crippen molar-refractivity contribution >= 4 is 62.1 Å². The van der Waals surface area contributed by atoms with Crippen LogP contribution in [0.15, 0.2) is 34.3 Å². The summed E-state index contributed by atoms with van der Waals surface area (Å²) >= 11 is 17.8. The molecule has 0 saturated heterocycles. The average molecular weight is 435 g/mol. The van der Waals surface area contributed by atoms with Crippen molar-refractivity contribution in [1.29, 1.82) is 5.26 Å². The molecule has 0 amide bonds. The van der Waals surface area contributed by atoms with Gasteiger partial charge in [0.2, 0.25) is 3.79 Å². The zero-order valence-electron chi connectivity index (χ0n) is 12.9. The number of non-ortho nitro benzene ring substituents is 1. The van der Waals surface area contributed by atoms with Gasteiger partial charge in [-0.05, 0) is 41.8 Å². The van der Waals surface area contributed by atoms with Crippen molar-refractivity contribution in [3.05, 3.63) is 56.8 Å². The first-order chi connectivity index (χ1) is 11.6. The maximum absolute atomic E-state index is 10.9. The van der Waals surface area contributed by atoms with E-state index in [-0.39, 0.29) is 11.3 Å². The summed E-state index contributed by atoms with van der Waals surface area (Å²) in [6.45, 7) is 3.73. The van der Waals surface area contributed by atoms with Gasteiger partial charge in [-0.15, -0.1) is 0 Å². The van der Waals surface area contributed by atoms with Crippen LogP contribution >= 0.6 is 56.4 Å². The molecule has 0 unspecified atom stereocenters. The third kappa shape index (κ3) is 4.72. The van der Waals surface area contributed by atoms with Crippen molar-refractivity contribution < 1.29 is 4.92 Å². The Kier molecular flexibility index (Phi) is 6.46. The molecule has 1 heterocycles. The predicted octanol–water partition coefficient (Wildman–Crippen LogP) is 6.10. The summed E-state index contributed by atoms with van der Waals surface area (Å²) in [4.78, 5) is 15.2. The summed E-state index contributed by atoms with van der Waals surface area (Å²) < 4.78 is -1.82. The van der Waals surface area contributed by atoms with Gasteiger partial charge in [-0.3, -0.25) is 10.1 Å². The van der Waals surface area contributed by atoms with Gasteiger partial charge in [-0.25, -0.2) is 4.98 Å². The molecule has 0 aliphatic rings. The molecule has 0 fully saturated rings. The molecular weight excluding hydrogens is 425 g/mol. The van der Waals surface area contributed by atoms with E-state index in [0.29, 0.717) is 15.5 Å². The minimum atomic E-state index is -1.82. The number of pyridine rings is 1. The standard InChI is InChI=1S/C15H10Cl3N3O2S2/c1-8-7-20-14(11(6-19)9(8)2)25-24-13-4-3-10(21(22)23)5-12(13)15(16,17)18/h3-5,7H,1-2H3. The molecule has 2 rings (SSSR count). The lowest BCUT2D eigenvalue weighted by Crippen LogP contribution is -2.03. The Hall–Kier alpha value is -1.17. The fraction of sp³-hybridized carbons (Fsp3) is 0.200. The largest absolute Gasteiger partial charge is 0.269 e. The highest BCUT2D eigenvalue weighted by molar-refractivity contribution is 8.76. The van der Waals surface area contributed by atoms with Gasteiger partial charge in [0, 0.05) is 28.8 Å². The minimum absolute atomic E-state index is 0.169. The minimum Gasteiger partial charge on any atom is -0.258 e. The second-order valence-electron chi connectivity index (χ2n) is 4.96. The zero-order valence-corrected chi connectivity index (χ0v) is 16.8. The molecular formula is C15H10Cl3N3O2S2. The first-order valence-corrected chi connectivity index (χ1v) is 10.00. The Morgan fingerprint density at radius 2 is 1.96 bits per heavy atom. The highest BCUT2D eigenvalue weighted by Crippen LogP contribution is 2.48. The molecule has 0 bridgehead atoms. The molecule has 0 aliphatic carbocycles. The zero-order chi connectivity index (χ0) is 18.8. The topological polar surface area (TPSA) is 79.8 Å². The maximum Gasteiger partial charge on any atom is 0.269 e. The van der Waals surface area contributed by atoms with Crippen LogP contribution < -0.4 is 0 Å². The number of aryl methyl sites for hydroxylation is 1.